The van der Waals surface area contributed by atoms with Crippen LogP contribution in [0, 0.1) is 35.8 Å². The normalized spacial score (nSPS) is 8.97. The molecule has 0 fully saturated rings. The Balaban J connectivity index is 2.93. The lowest BCUT2D eigenvalue weighted by Crippen LogP contribution is -2.36. The number of benzene rings is 1. The van der Waals surface area contributed by atoms with Crippen molar-refractivity contribution in [3.05, 3.63) is 58.5 Å². The maximum Gasteiger partial charge on any atom is 0.519 e. The number of hydrogen-bond acceptors (Lipinski definition) is 7. The van der Waals surface area contributed by atoms with Gasteiger partial charge in [0.25, 0.3) is 0 Å². The van der Waals surface area contributed by atoms with Crippen LogP contribution in [0.1, 0.15) is 18.4 Å². The number of carbonyl (C=O) groups is 2. The van der Waals surface area contributed by atoms with Crippen LogP contribution in [0.2, 0.25) is 0 Å². The van der Waals surface area contributed by atoms with E-state index in [1.165, 1.54) is 11.0 Å². The highest BCUT2D eigenvalue weighted by atomic mass is 16.5. The lowest BCUT2D eigenvalue weighted by atomic mass is 10.2. The Bertz CT molecular complexity index is 861. The van der Waals surface area contributed by atoms with Crippen molar-refractivity contribution in [2.75, 3.05) is 31.2 Å². The first-order valence-electron chi connectivity index (χ1n) is 8.40. The van der Waals surface area contributed by atoms with Crippen LogP contribution in [0.25, 0.3) is 15.8 Å². The summed E-state index contributed by atoms with van der Waals surface area (Å²) in [5, 5.41) is 17.0. The molecule has 9 nitrogen and oxygen atoms in total. The first-order chi connectivity index (χ1) is 14.0. The number of carbonyl (C=O) groups excluding carboxylic acids is 2. The summed E-state index contributed by atoms with van der Waals surface area (Å²) in [6.07, 6.45) is 1.54. The van der Waals surface area contributed by atoms with Crippen LogP contribution in [0.4, 0.5) is 5.69 Å². The number of ether oxygens (including phenoxy) is 2. The molecule has 0 bridgehead atoms. The van der Waals surface area contributed by atoms with Gasteiger partial charge in [-0.25, -0.2) is 0 Å². The van der Waals surface area contributed by atoms with Gasteiger partial charge in [-0.05, 0) is 17.7 Å². The van der Waals surface area contributed by atoms with Gasteiger partial charge >= 0.3 is 17.8 Å². The second-order valence-corrected chi connectivity index (χ2v) is 5.43. The summed E-state index contributed by atoms with van der Waals surface area (Å²) >= 11 is 0. The van der Waals surface area contributed by atoms with E-state index in [0.717, 1.165) is 0 Å². The van der Waals surface area contributed by atoms with Gasteiger partial charge in [0, 0.05) is 11.8 Å². The molecule has 1 aromatic carbocycles. The molecule has 0 heterocycles. The van der Waals surface area contributed by atoms with Crippen LogP contribution in [-0.2, 0) is 19.1 Å². The second-order valence-electron chi connectivity index (χ2n) is 5.43. The van der Waals surface area contributed by atoms with Gasteiger partial charge in [0.15, 0.2) is 0 Å². The molecule has 146 valence electrons. The zero-order valence-corrected chi connectivity index (χ0v) is 15.5. The van der Waals surface area contributed by atoms with Crippen LogP contribution in [0.5, 0.6) is 0 Å². The minimum atomic E-state index is -0.614. The molecule has 0 spiro atoms. The fourth-order valence-corrected chi connectivity index (χ4v) is 2.08. The lowest BCUT2D eigenvalue weighted by Gasteiger charge is -2.23. The third kappa shape index (κ3) is 8.73. The molecule has 29 heavy (non-hydrogen) atoms. The number of esters is 2. The van der Waals surface area contributed by atoms with E-state index in [-0.39, 0.29) is 45.0 Å². The van der Waals surface area contributed by atoms with Crippen molar-refractivity contribution in [1.82, 2.24) is 0 Å². The van der Waals surface area contributed by atoms with Crippen molar-refractivity contribution in [2.45, 2.75) is 12.8 Å². The molecule has 0 saturated carbocycles. The minimum absolute atomic E-state index is 0.0461. The number of anilines is 1. The fraction of sp³-hybridized carbons (Fsp3) is 0.300. The van der Waals surface area contributed by atoms with Crippen LogP contribution in [0.15, 0.2) is 30.1 Å². The Labute approximate surface area is 168 Å². The Morgan fingerprint density at radius 1 is 0.966 bits per heavy atom. The molecule has 0 atom stereocenters. The largest absolute Gasteiger partial charge is 0.519 e. The van der Waals surface area contributed by atoms with Crippen molar-refractivity contribution in [3.63, 3.8) is 0 Å². The van der Waals surface area contributed by atoms with Crippen LogP contribution < -0.4 is 4.90 Å². The van der Waals surface area contributed by atoms with E-state index in [9.17, 15) is 9.59 Å². The summed E-state index contributed by atoms with van der Waals surface area (Å²) in [5.74, 6) is -1.31. The highest BCUT2D eigenvalue weighted by Gasteiger charge is 2.17. The summed E-state index contributed by atoms with van der Waals surface area (Å²) in [4.78, 5) is 31.6. The van der Waals surface area contributed by atoms with Gasteiger partial charge in [0.2, 0.25) is 0 Å². The molecule has 0 amide bonds. The first-order valence-corrected chi connectivity index (χ1v) is 8.40. The average molecular weight is 391 g/mol. The predicted octanol–water partition coefficient (Wildman–Crippen LogP) is 2.54. The average Bonchev–Trinajstić information content (AvgIpc) is 2.72. The number of hydrogen-bond donors (Lipinski definition) is 0. The van der Waals surface area contributed by atoms with Crippen molar-refractivity contribution in [2.24, 2.45) is 0 Å². The molecule has 0 aromatic heterocycles. The monoisotopic (exact) mass is 391 g/mol. The van der Waals surface area contributed by atoms with Gasteiger partial charge in [-0.15, -0.1) is 0 Å². The van der Waals surface area contributed by atoms with E-state index in [4.69, 9.17) is 33.1 Å². The Kier molecular flexibility index (Phi) is 10.1. The molecule has 0 aliphatic carbocycles. The first kappa shape index (κ1) is 22.7. The molecule has 0 N–H and O–H groups in total. The summed E-state index contributed by atoms with van der Waals surface area (Å²) in [6, 6.07) is 10.3. The summed E-state index contributed by atoms with van der Waals surface area (Å²) in [6.45, 7) is 13.2. The van der Waals surface area contributed by atoms with Crippen LogP contribution >= 0.6 is 0 Å². The molecule has 0 saturated heterocycles. The van der Waals surface area contributed by atoms with Crippen LogP contribution in [-0.4, -0.2) is 38.2 Å². The van der Waals surface area contributed by atoms with Crippen molar-refractivity contribution >= 4 is 23.7 Å². The van der Waals surface area contributed by atoms with Gasteiger partial charge in [-0.3, -0.25) is 9.59 Å². The maximum atomic E-state index is 12.0. The second kappa shape index (κ2) is 12.9. The SMILES string of the molecule is [C-]#[N+]C(=Cc1ccc(N(CC(=O)OCCC#N)CC(=O)OCCC#N)cc1)[N+]#[C-]. The Morgan fingerprint density at radius 3 is 1.86 bits per heavy atom. The van der Waals surface area contributed by atoms with E-state index in [0.29, 0.717) is 11.3 Å². The minimum Gasteiger partial charge on any atom is -0.463 e. The summed E-state index contributed by atoms with van der Waals surface area (Å²) in [7, 11) is 0. The lowest BCUT2D eigenvalue weighted by molar-refractivity contribution is -0.142. The topological polar surface area (TPSA) is 112 Å². The molecule has 1 aromatic rings. The molecule has 0 aliphatic rings. The smallest absolute Gasteiger partial charge is 0.463 e. The summed E-state index contributed by atoms with van der Waals surface area (Å²) < 4.78 is 9.89. The molecule has 0 radical (unpaired) electrons. The fourth-order valence-electron chi connectivity index (χ4n) is 2.08. The molecular formula is C20H17N5O4. The standard InChI is InChI=1S/C20H17N5O4/c1-23-18(24-2)13-16-5-7-17(8-6-16)25(14-19(26)28-11-3-9-21)15-20(27)29-12-4-10-22/h5-8,13H,3-4,11-12,14-15H2. The van der Waals surface area contributed by atoms with Gasteiger partial charge in [0.1, 0.15) is 39.4 Å². The predicted molar refractivity (Wildman–Crippen MR) is 102 cm³/mol. The zero-order chi connectivity index (χ0) is 21.5. The van der Waals surface area contributed by atoms with Gasteiger partial charge < -0.3 is 14.4 Å². The van der Waals surface area contributed by atoms with Gasteiger partial charge in [-0.2, -0.15) is 20.2 Å². The summed E-state index contributed by atoms with van der Waals surface area (Å²) in [5.41, 5.74) is 1.13. The quantitative estimate of drug-likeness (QED) is 0.342. The van der Waals surface area contributed by atoms with Gasteiger partial charge in [-0.1, -0.05) is 12.1 Å². The van der Waals surface area contributed by atoms with E-state index in [2.05, 4.69) is 9.69 Å². The van der Waals surface area contributed by atoms with Gasteiger partial charge in [0.05, 0.1) is 25.0 Å². The van der Waals surface area contributed by atoms with E-state index in [1.54, 1.807) is 24.3 Å². The molecule has 1 rings (SSSR count). The molecule has 0 aliphatic heterocycles. The highest BCUT2D eigenvalue weighted by Crippen LogP contribution is 2.18. The molecule has 9 heteroatoms. The Hall–Kier alpha value is -4.34. The number of rotatable bonds is 10. The van der Waals surface area contributed by atoms with Crippen molar-refractivity contribution in [1.29, 1.82) is 10.5 Å². The molecular weight excluding hydrogens is 374 g/mol. The molecule has 0 unspecified atom stereocenters. The number of nitriles is 2. The van der Waals surface area contributed by atoms with E-state index < -0.39 is 11.9 Å². The van der Waals surface area contributed by atoms with E-state index in [1.807, 2.05) is 12.1 Å². The van der Waals surface area contributed by atoms with Crippen molar-refractivity contribution in [3.8, 4) is 12.1 Å². The van der Waals surface area contributed by atoms with Crippen LogP contribution in [0.3, 0.4) is 0 Å². The van der Waals surface area contributed by atoms with Crippen molar-refractivity contribution < 1.29 is 19.1 Å². The van der Waals surface area contributed by atoms with E-state index >= 15 is 0 Å². The third-order valence-corrected chi connectivity index (χ3v) is 3.38. The maximum absolute atomic E-state index is 12.0. The Morgan fingerprint density at radius 2 is 1.45 bits per heavy atom. The number of nitrogens with zero attached hydrogens (tertiary/aromatic N) is 5. The third-order valence-electron chi connectivity index (χ3n) is 3.38. The zero-order valence-electron chi connectivity index (χ0n) is 15.5. The highest BCUT2D eigenvalue weighted by molar-refractivity contribution is 5.81.